The maximum absolute atomic E-state index is 12.0. The van der Waals surface area contributed by atoms with Crippen molar-refractivity contribution in [3.05, 3.63) is 46.6 Å². The third kappa shape index (κ3) is 4.74. The van der Waals surface area contributed by atoms with Gasteiger partial charge >= 0.3 is 12.0 Å². The number of anilines is 3. The standard InChI is InChI=1S/C18H17BrN6O3S/c1-3-20-18(27)25(29)15-7-6-13-16(24-15)23-14(9-21-13)22-12-5-4-10(19)8-11(12)17(26)28-2/h4-9,29H,3H2,1-2H3,(H,20,27)(H,22,23,24). The van der Waals surface area contributed by atoms with Gasteiger partial charge in [0.15, 0.2) is 11.5 Å². The number of carbonyl (C=O) groups excluding carboxylic acids is 2. The lowest BCUT2D eigenvalue weighted by Crippen LogP contribution is -2.34. The van der Waals surface area contributed by atoms with Gasteiger partial charge in [-0.3, -0.25) is 0 Å². The zero-order chi connectivity index (χ0) is 21.0. The first-order chi connectivity index (χ1) is 13.9. The molecule has 3 rings (SSSR count). The Morgan fingerprint density at radius 3 is 2.76 bits per heavy atom. The van der Waals surface area contributed by atoms with E-state index in [0.717, 1.165) is 8.78 Å². The smallest absolute Gasteiger partial charge is 0.340 e. The van der Waals surface area contributed by atoms with Crippen LogP contribution in [-0.4, -0.2) is 40.6 Å². The van der Waals surface area contributed by atoms with Crippen molar-refractivity contribution in [2.45, 2.75) is 6.92 Å². The number of halogens is 1. The summed E-state index contributed by atoms with van der Waals surface area (Å²) in [4.78, 5) is 37.1. The van der Waals surface area contributed by atoms with Crippen LogP contribution >= 0.6 is 28.7 Å². The van der Waals surface area contributed by atoms with E-state index in [9.17, 15) is 9.59 Å². The van der Waals surface area contributed by atoms with Crippen LogP contribution in [0.25, 0.3) is 11.2 Å². The molecule has 2 heterocycles. The third-order valence-electron chi connectivity index (χ3n) is 3.78. The van der Waals surface area contributed by atoms with Gasteiger partial charge in [0.2, 0.25) is 0 Å². The minimum Gasteiger partial charge on any atom is -0.465 e. The molecule has 0 saturated heterocycles. The summed E-state index contributed by atoms with van der Waals surface area (Å²) in [5.74, 6) is 0.186. The van der Waals surface area contributed by atoms with Gasteiger partial charge < -0.3 is 15.4 Å². The minimum absolute atomic E-state index is 0.303. The van der Waals surface area contributed by atoms with Gasteiger partial charge in [0, 0.05) is 11.0 Å². The molecule has 1 aromatic carbocycles. The Bertz CT molecular complexity index is 1080. The van der Waals surface area contributed by atoms with Crippen molar-refractivity contribution in [3.8, 4) is 0 Å². The van der Waals surface area contributed by atoms with Crippen LogP contribution in [0.15, 0.2) is 41.0 Å². The van der Waals surface area contributed by atoms with Crippen molar-refractivity contribution < 1.29 is 14.3 Å². The van der Waals surface area contributed by atoms with Crippen LogP contribution in [0.4, 0.5) is 22.1 Å². The highest BCUT2D eigenvalue weighted by molar-refractivity contribution is 9.10. The highest BCUT2D eigenvalue weighted by atomic mass is 79.9. The molecule has 2 N–H and O–H groups in total. The van der Waals surface area contributed by atoms with E-state index in [2.05, 4.69) is 54.3 Å². The van der Waals surface area contributed by atoms with Crippen molar-refractivity contribution >= 4 is 69.2 Å². The van der Waals surface area contributed by atoms with Crippen molar-refractivity contribution in [1.29, 1.82) is 0 Å². The number of rotatable bonds is 5. The molecule has 0 aliphatic rings. The van der Waals surface area contributed by atoms with Gasteiger partial charge in [-0.25, -0.2) is 28.8 Å². The number of urea groups is 1. The number of thiol groups is 1. The van der Waals surface area contributed by atoms with E-state index in [4.69, 9.17) is 4.74 Å². The fourth-order valence-corrected chi connectivity index (χ4v) is 2.98. The summed E-state index contributed by atoms with van der Waals surface area (Å²) in [6, 6.07) is 8.06. The van der Waals surface area contributed by atoms with Crippen molar-refractivity contribution in [1.82, 2.24) is 20.3 Å². The highest BCUT2D eigenvalue weighted by Crippen LogP contribution is 2.25. The number of hydrogen-bond donors (Lipinski definition) is 3. The molecule has 9 nitrogen and oxygen atoms in total. The van der Waals surface area contributed by atoms with Crippen LogP contribution in [0.1, 0.15) is 17.3 Å². The van der Waals surface area contributed by atoms with Crippen LogP contribution in [0.2, 0.25) is 0 Å². The number of nitrogens with one attached hydrogen (secondary N) is 2. The molecule has 0 unspecified atom stereocenters. The lowest BCUT2D eigenvalue weighted by atomic mass is 10.2. The second-order valence-corrected chi connectivity index (χ2v) is 7.04. The summed E-state index contributed by atoms with van der Waals surface area (Å²) in [5, 5.41) is 5.69. The number of methoxy groups -OCH3 is 1. The predicted octanol–water partition coefficient (Wildman–Crippen LogP) is 3.70. The largest absolute Gasteiger partial charge is 0.465 e. The van der Waals surface area contributed by atoms with Crippen LogP contribution < -0.4 is 14.9 Å². The molecule has 0 saturated carbocycles. The second kappa shape index (κ2) is 9.05. The Labute approximate surface area is 180 Å². The first-order valence-electron chi connectivity index (χ1n) is 8.48. The molecule has 0 fully saturated rings. The van der Waals surface area contributed by atoms with E-state index < -0.39 is 12.0 Å². The van der Waals surface area contributed by atoms with Gasteiger partial charge in [-0.05, 0) is 37.3 Å². The molecule has 11 heteroatoms. The summed E-state index contributed by atoms with van der Waals surface area (Å²) >= 11 is 7.51. The number of fused-ring (bicyclic) bond motifs is 1. The molecule has 0 atom stereocenters. The lowest BCUT2D eigenvalue weighted by Gasteiger charge is -2.15. The topological polar surface area (TPSA) is 109 Å². The van der Waals surface area contributed by atoms with Crippen molar-refractivity contribution in [2.75, 3.05) is 23.3 Å². The summed E-state index contributed by atoms with van der Waals surface area (Å²) in [5.41, 5.74) is 1.69. The average Bonchev–Trinajstić information content (AvgIpc) is 2.73. The monoisotopic (exact) mass is 476 g/mol. The molecule has 0 aliphatic carbocycles. The summed E-state index contributed by atoms with van der Waals surface area (Å²) in [6.07, 6.45) is 1.52. The Kier molecular flexibility index (Phi) is 6.49. The zero-order valence-electron chi connectivity index (χ0n) is 15.5. The molecule has 0 aliphatic heterocycles. The fraction of sp³-hybridized carbons (Fsp3) is 0.167. The van der Waals surface area contributed by atoms with Gasteiger partial charge in [0.25, 0.3) is 0 Å². The first-order valence-corrected chi connectivity index (χ1v) is 9.67. The highest BCUT2D eigenvalue weighted by Gasteiger charge is 2.15. The van der Waals surface area contributed by atoms with Crippen LogP contribution in [0.3, 0.4) is 0 Å². The maximum Gasteiger partial charge on any atom is 0.340 e. The number of nitrogens with zero attached hydrogens (tertiary/aromatic N) is 4. The van der Waals surface area contributed by atoms with Gasteiger partial charge in [0.05, 0.1) is 24.6 Å². The molecule has 29 heavy (non-hydrogen) atoms. The molecular weight excluding hydrogens is 460 g/mol. The molecule has 2 aromatic heterocycles. The van der Waals surface area contributed by atoms with E-state index in [1.54, 1.807) is 30.3 Å². The average molecular weight is 477 g/mol. The molecule has 0 radical (unpaired) electrons. The number of ether oxygens (including phenoxy) is 1. The van der Waals surface area contributed by atoms with Gasteiger partial charge in [-0.1, -0.05) is 28.7 Å². The molecule has 150 valence electrons. The number of esters is 1. The number of aromatic nitrogens is 3. The quantitative estimate of drug-likeness (QED) is 0.380. The van der Waals surface area contributed by atoms with Crippen LogP contribution in [0.5, 0.6) is 0 Å². The van der Waals surface area contributed by atoms with E-state index in [1.807, 2.05) is 6.92 Å². The van der Waals surface area contributed by atoms with Crippen molar-refractivity contribution in [2.24, 2.45) is 0 Å². The Hall–Kier alpha value is -2.92. The third-order valence-corrected chi connectivity index (χ3v) is 4.66. The summed E-state index contributed by atoms with van der Waals surface area (Å²) in [6.45, 7) is 2.27. The summed E-state index contributed by atoms with van der Waals surface area (Å²) in [7, 11) is 1.31. The molecule has 2 amide bonds. The first kappa shape index (κ1) is 20.8. The lowest BCUT2D eigenvalue weighted by molar-refractivity contribution is 0.0602. The Morgan fingerprint density at radius 2 is 2.03 bits per heavy atom. The fourth-order valence-electron chi connectivity index (χ4n) is 2.44. The number of amides is 2. The predicted molar refractivity (Wildman–Crippen MR) is 117 cm³/mol. The molecule has 0 bridgehead atoms. The van der Waals surface area contributed by atoms with Crippen molar-refractivity contribution in [3.63, 3.8) is 0 Å². The van der Waals surface area contributed by atoms with Crippen LogP contribution in [-0.2, 0) is 4.74 Å². The minimum atomic E-state index is -0.490. The molecule has 0 spiro atoms. The van der Waals surface area contributed by atoms with Crippen LogP contribution in [0, 0.1) is 0 Å². The molecule has 3 aromatic rings. The van der Waals surface area contributed by atoms with E-state index in [0.29, 0.717) is 40.6 Å². The second-order valence-electron chi connectivity index (χ2n) is 5.72. The van der Waals surface area contributed by atoms with E-state index in [-0.39, 0.29) is 0 Å². The number of carbonyl (C=O) groups is 2. The Balaban J connectivity index is 1.94. The molecular formula is C18H17BrN6O3S. The SMILES string of the molecule is CCNC(=O)N(S)c1ccc2ncc(Nc3ccc(Br)cc3C(=O)OC)nc2n1. The van der Waals surface area contributed by atoms with E-state index in [1.165, 1.54) is 13.3 Å². The van der Waals surface area contributed by atoms with Gasteiger partial charge in [0.1, 0.15) is 11.3 Å². The Morgan fingerprint density at radius 1 is 1.24 bits per heavy atom. The number of hydrogen-bond acceptors (Lipinski definition) is 8. The van der Waals surface area contributed by atoms with E-state index >= 15 is 0 Å². The van der Waals surface area contributed by atoms with Gasteiger partial charge in [-0.15, -0.1) is 0 Å². The number of pyridine rings is 1. The normalized spacial score (nSPS) is 10.5. The summed E-state index contributed by atoms with van der Waals surface area (Å²) < 4.78 is 6.65. The number of benzene rings is 1. The maximum atomic E-state index is 12.0. The van der Waals surface area contributed by atoms with Gasteiger partial charge in [-0.2, -0.15) is 0 Å². The zero-order valence-corrected chi connectivity index (χ0v) is 18.0.